The van der Waals surface area contributed by atoms with Crippen molar-refractivity contribution < 1.29 is 9.59 Å². The van der Waals surface area contributed by atoms with E-state index in [-0.39, 0.29) is 11.9 Å². The Kier molecular flexibility index (Phi) is 5.73. The maximum atomic E-state index is 12.6. The number of hydrogen-bond acceptors (Lipinski definition) is 5. The van der Waals surface area contributed by atoms with E-state index in [1.807, 2.05) is 37.6 Å². The van der Waals surface area contributed by atoms with Gasteiger partial charge in [0.1, 0.15) is 5.01 Å². The fourth-order valence-electron chi connectivity index (χ4n) is 3.60. The molecule has 4 rings (SSSR count). The predicted octanol–water partition coefficient (Wildman–Crippen LogP) is 3.16. The topological polar surface area (TPSA) is 56.8 Å². The smallest absolute Gasteiger partial charge is 0.320 e. The zero-order valence-corrected chi connectivity index (χ0v) is 16.9. The van der Waals surface area contributed by atoms with Gasteiger partial charge in [-0.15, -0.1) is 22.7 Å². The van der Waals surface area contributed by atoms with Crippen LogP contribution in [-0.2, 0) is 11.2 Å². The molecule has 6 nitrogen and oxygen atoms in total. The lowest BCUT2D eigenvalue weighted by atomic mass is 10.1. The van der Waals surface area contributed by atoms with Crippen LogP contribution in [0.25, 0.3) is 9.88 Å². The number of carbonyl (C=O) groups excluding carboxylic acids is 2. The lowest BCUT2D eigenvalue weighted by Crippen LogP contribution is -2.54. The van der Waals surface area contributed by atoms with Crippen LogP contribution in [0, 0.1) is 0 Å². The minimum absolute atomic E-state index is 0.100. The molecule has 0 bridgehead atoms. The lowest BCUT2D eigenvalue weighted by molar-refractivity contribution is -0.132. The molecule has 2 fully saturated rings. The Balaban J connectivity index is 1.28. The molecule has 0 spiro atoms. The van der Waals surface area contributed by atoms with Crippen LogP contribution < -0.4 is 0 Å². The molecule has 0 saturated carbocycles. The summed E-state index contributed by atoms with van der Waals surface area (Å²) < 4.78 is 0. The summed E-state index contributed by atoms with van der Waals surface area (Å²) in [6, 6.07) is 4.20. The van der Waals surface area contributed by atoms with Crippen LogP contribution in [0.4, 0.5) is 4.79 Å². The minimum Gasteiger partial charge on any atom is -0.339 e. The Hall–Kier alpha value is -1.93. The zero-order valence-electron chi connectivity index (χ0n) is 15.3. The number of thiazole rings is 1. The number of piperazine rings is 1. The van der Waals surface area contributed by atoms with Crippen molar-refractivity contribution in [2.24, 2.45) is 0 Å². The maximum absolute atomic E-state index is 12.6. The molecule has 3 amide bonds. The molecule has 8 heteroatoms. The lowest BCUT2D eigenvalue weighted by Gasteiger charge is -2.38. The molecule has 0 N–H and O–H groups in total. The molecule has 2 aromatic heterocycles. The van der Waals surface area contributed by atoms with Gasteiger partial charge in [-0.1, -0.05) is 6.07 Å². The Bertz CT molecular complexity index is 775. The van der Waals surface area contributed by atoms with E-state index in [1.54, 1.807) is 22.7 Å². The van der Waals surface area contributed by atoms with Crippen LogP contribution in [0.2, 0.25) is 0 Å². The van der Waals surface area contributed by atoms with Gasteiger partial charge < -0.3 is 14.7 Å². The second kappa shape index (κ2) is 8.39. The molecular weight excluding hydrogens is 380 g/mol. The number of amides is 3. The number of hydrogen-bond donors (Lipinski definition) is 0. The maximum Gasteiger partial charge on any atom is 0.320 e. The molecule has 4 heterocycles. The Morgan fingerprint density at radius 1 is 0.926 bits per heavy atom. The molecule has 2 aliphatic heterocycles. The Morgan fingerprint density at radius 2 is 1.63 bits per heavy atom. The first-order valence-electron chi connectivity index (χ1n) is 9.50. The summed E-state index contributed by atoms with van der Waals surface area (Å²) in [7, 11) is 0. The van der Waals surface area contributed by atoms with Crippen LogP contribution in [0.5, 0.6) is 0 Å². The number of aromatic nitrogens is 1. The first-order valence-corrected chi connectivity index (χ1v) is 11.3. The van der Waals surface area contributed by atoms with Gasteiger partial charge in [0.15, 0.2) is 0 Å². The standard InChI is InChI=1S/C19H24N4O2S2/c24-17(13-15-14-27-18(20-15)16-5-4-12-26-16)21-8-10-23(11-9-21)19(25)22-6-2-1-3-7-22/h4-5,12,14H,1-3,6-11,13H2. The van der Waals surface area contributed by atoms with Crippen LogP contribution in [-0.4, -0.2) is 70.9 Å². The second-order valence-electron chi connectivity index (χ2n) is 7.00. The van der Waals surface area contributed by atoms with E-state index < -0.39 is 0 Å². The molecule has 0 radical (unpaired) electrons. The highest BCUT2D eigenvalue weighted by atomic mass is 32.1. The van der Waals surface area contributed by atoms with Crippen molar-refractivity contribution >= 4 is 34.6 Å². The largest absolute Gasteiger partial charge is 0.339 e. The highest BCUT2D eigenvalue weighted by molar-refractivity contribution is 7.20. The van der Waals surface area contributed by atoms with Crippen molar-refractivity contribution in [2.45, 2.75) is 25.7 Å². The van der Waals surface area contributed by atoms with Crippen molar-refractivity contribution in [2.75, 3.05) is 39.3 Å². The van der Waals surface area contributed by atoms with Crippen molar-refractivity contribution in [3.8, 4) is 9.88 Å². The van der Waals surface area contributed by atoms with Crippen LogP contribution in [0.15, 0.2) is 22.9 Å². The van der Waals surface area contributed by atoms with Gasteiger partial charge in [0, 0.05) is 44.6 Å². The third-order valence-corrected chi connectivity index (χ3v) is 7.08. The fourth-order valence-corrected chi connectivity index (χ4v) is 5.23. The molecule has 2 aliphatic rings. The van der Waals surface area contributed by atoms with Gasteiger partial charge in [0.25, 0.3) is 0 Å². The number of piperidine rings is 1. The van der Waals surface area contributed by atoms with E-state index in [9.17, 15) is 9.59 Å². The van der Waals surface area contributed by atoms with E-state index in [1.165, 1.54) is 6.42 Å². The molecule has 144 valence electrons. The zero-order chi connectivity index (χ0) is 18.6. The van der Waals surface area contributed by atoms with Gasteiger partial charge in [-0.25, -0.2) is 9.78 Å². The average Bonchev–Trinajstić information content (AvgIpc) is 3.40. The third-order valence-electron chi connectivity index (χ3n) is 5.15. The van der Waals surface area contributed by atoms with Gasteiger partial charge in [0.2, 0.25) is 5.91 Å². The highest BCUT2D eigenvalue weighted by Gasteiger charge is 2.28. The summed E-state index contributed by atoms with van der Waals surface area (Å²) in [5.74, 6) is 0.100. The Labute approximate surface area is 167 Å². The number of urea groups is 1. The van der Waals surface area contributed by atoms with Crippen LogP contribution in [0.3, 0.4) is 0 Å². The average molecular weight is 405 g/mol. The molecule has 0 aliphatic carbocycles. The van der Waals surface area contributed by atoms with Crippen molar-refractivity contribution in [1.82, 2.24) is 19.7 Å². The predicted molar refractivity (Wildman–Crippen MR) is 108 cm³/mol. The summed E-state index contributed by atoms with van der Waals surface area (Å²) >= 11 is 3.25. The quantitative estimate of drug-likeness (QED) is 0.790. The normalized spacial score (nSPS) is 18.0. The van der Waals surface area contributed by atoms with Gasteiger partial charge >= 0.3 is 6.03 Å². The van der Waals surface area contributed by atoms with E-state index in [0.717, 1.165) is 41.5 Å². The molecular formula is C19H24N4O2S2. The minimum atomic E-state index is 0.100. The fraction of sp³-hybridized carbons (Fsp3) is 0.526. The molecule has 2 saturated heterocycles. The second-order valence-corrected chi connectivity index (χ2v) is 8.80. The number of carbonyl (C=O) groups is 2. The van der Waals surface area contributed by atoms with Crippen molar-refractivity contribution in [3.05, 3.63) is 28.6 Å². The van der Waals surface area contributed by atoms with Gasteiger partial charge in [-0.05, 0) is 30.7 Å². The summed E-state index contributed by atoms with van der Waals surface area (Å²) in [4.78, 5) is 36.7. The number of nitrogens with zero attached hydrogens (tertiary/aromatic N) is 4. The molecule has 0 aromatic carbocycles. The molecule has 0 unspecified atom stereocenters. The Morgan fingerprint density at radius 3 is 2.33 bits per heavy atom. The van der Waals surface area contributed by atoms with Gasteiger partial charge in [0.05, 0.1) is 17.0 Å². The van der Waals surface area contributed by atoms with Crippen molar-refractivity contribution in [3.63, 3.8) is 0 Å². The summed E-state index contributed by atoms with van der Waals surface area (Å²) in [6.45, 7) is 4.21. The van der Waals surface area contributed by atoms with E-state index in [0.29, 0.717) is 32.6 Å². The third kappa shape index (κ3) is 4.32. The van der Waals surface area contributed by atoms with E-state index >= 15 is 0 Å². The summed E-state index contributed by atoms with van der Waals surface area (Å²) in [5.41, 5.74) is 0.834. The highest BCUT2D eigenvalue weighted by Crippen LogP contribution is 2.28. The summed E-state index contributed by atoms with van der Waals surface area (Å²) in [5, 5.41) is 4.99. The molecule has 0 atom stereocenters. The summed E-state index contributed by atoms with van der Waals surface area (Å²) in [6.07, 6.45) is 3.76. The number of thiophene rings is 1. The molecule has 2 aromatic rings. The number of rotatable bonds is 3. The van der Waals surface area contributed by atoms with Gasteiger partial charge in [-0.2, -0.15) is 0 Å². The number of likely N-dealkylation sites (tertiary alicyclic amines) is 1. The van der Waals surface area contributed by atoms with Gasteiger partial charge in [-0.3, -0.25) is 4.79 Å². The van der Waals surface area contributed by atoms with Crippen molar-refractivity contribution in [1.29, 1.82) is 0 Å². The first kappa shape index (κ1) is 18.4. The van der Waals surface area contributed by atoms with E-state index in [2.05, 4.69) is 4.98 Å². The van der Waals surface area contributed by atoms with Crippen LogP contribution >= 0.6 is 22.7 Å². The SMILES string of the molecule is O=C(Cc1csc(-c2cccs2)n1)N1CCN(C(=O)N2CCCCC2)CC1. The molecule has 27 heavy (non-hydrogen) atoms. The van der Waals surface area contributed by atoms with Crippen LogP contribution in [0.1, 0.15) is 25.0 Å². The monoisotopic (exact) mass is 404 g/mol. The first-order chi connectivity index (χ1) is 13.2. The van der Waals surface area contributed by atoms with E-state index in [4.69, 9.17) is 0 Å².